The molecule has 0 unspecified atom stereocenters. The van der Waals surface area contributed by atoms with Crippen molar-refractivity contribution in [1.82, 2.24) is 15.1 Å². The van der Waals surface area contributed by atoms with Crippen LogP contribution in [0.2, 0.25) is 5.02 Å². The molecule has 2 aliphatic rings. The van der Waals surface area contributed by atoms with E-state index in [2.05, 4.69) is 27.2 Å². The Labute approximate surface area is 143 Å². The fourth-order valence-electron chi connectivity index (χ4n) is 3.34. The first-order valence-electron chi connectivity index (χ1n) is 8.23. The van der Waals surface area contributed by atoms with Gasteiger partial charge in [0.2, 0.25) is 0 Å². The molecule has 0 amide bonds. The summed E-state index contributed by atoms with van der Waals surface area (Å²) in [6, 6.07) is 8.76. The summed E-state index contributed by atoms with van der Waals surface area (Å²) in [5, 5.41) is 5.31. The molecule has 0 spiro atoms. The van der Waals surface area contributed by atoms with Crippen molar-refractivity contribution in [2.45, 2.75) is 38.3 Å². The van der Waals surface area contributed by atoms with Crippen LogP contribution in [0.4, 0.5) is 0 Å². The Morgan fingerprint density at radius 3 is 2.59 bits per heavy atom. The van der Waals surface area contributed by atoms with E-state index in [4.69, 9.17) is 23.8 Å². The summed E-state index contributed by atoms with van der Waals surface area (Å²) in [6.45, 7) is 5.10. The van der Waals surface area contributed by atoms with E-state index in [-0.39, 0.29) is 0 Å². The summed E-state index contributed by atoms with van der Waals surface area (Å²) < 4.78 is 0. The van der Waals surface area contributed by atoms with Crippen molar-refractivity contribution in [3.8, 4) is 0 Å². The molecule has 22 heavy (non-hydrogen) atoms. The van der Waals surface area contributed by atoms with Crippen molar-refractivity contribution in [3.63, 3.8) is 0 Å². The predicted octanol–water partition coefficient (Wildman–Crippen LogP) is 3.27. The molecule has 1 saturated carbocycles. The van der Waals surface area contributed by atoms with Gasteiger partial charge in [-0.05, 0) is 42.8 Å². The quantitative estimate of drug-likeness (QED) is 0.853. The molecule has 3 rings (SSSR count). The number of thiocarbonyl (C=S) groups is 1. The number of halogens is 1. The van der Waals surface area contributed by atoms with Crippen LogP contribution in [-0.4, -0.2) is 47.1 Å². The Kier molecular flexibility index (Phi) is 5.55. The fourth-order valence-corrected chi connectivity index (χ4v) is 3.90. The third-order valence-electron chi connectivity index (χ3n) is 4.64. The van der Waals surface area contributed by atoms with Crippen LogP contribution >= 0.6 is 23.8 Å². The lowest BCUT2D eigenvalue weighted by Crippen LogP contribution is -2.52. The molecule has 0 radical (unpaired) electrons. The normalized spacial score (nSPS) is 20.3. The van der Waals surface area contributed by atoms with Gasteiger partial charge in [0.05, 0.1) is 0 Å². The van der Waals surface area contributed by atoms with Crippen molar-refractivity contribution in [3.05, 3.63) is 34.9 Å². The summed E-state index contributed by atoms with van der Waals surface area (Å²) in [4.78, 5) is 4.79. The van der Waals surface area contributed by atoms with Crippen molar-refractivity contribution in [2.24, 2.45) is 0 Å². The lowest BCUT2D eigenvalue weighted by Gasteiger charge is -2.37. The molecule has 1 N–H and O–H groups in total. The number of rotatable bonds is 3. The first kappa shape index (κ1) is 16.0. The molecule has 0 atom stereocenters. The van der Waals surface area contributed by atoms with Crippen LogP contribution in [0.3, 0.4) is 0 Å². The molecule has 1 heterocycles. The van der Waals surface area contributed by atoms with Gasteiger partial charge in [-0.1, -0.05) is 36.6 Å². The second-order valence-corrected chi connectivity index (χ2v) is 7.15. The topological polar surface area (TPSA) is 18.5 Å². The molecule has 1 aliphatic carbocycles. The van der Waals surface area contributed by atoms with Crippen molar-refractivity contribution in [1.29, 1.82) is 0 Å². The van der Waals surface area contributed by atoms with Crippen LogP contribution in [0, 0.1) is 0 Å². The average Bonchev–Trinajstić information content (AvgIpc) is 3.01. The minimum atomic E-state index is 0.608. The molecule has 0 aromatic heterocycles. The number of benzene rings is 1. The van der Waals surface area contributed by atoms with Gasteiger partial charge in [0, 0.05) is 43.8 Å². The van der Waals surface area contributed by atoms with Crippen LogP contribution < -0.4 is 5.32 Å². The highest BCUT2D eigenvalue weighted by atomic mass is 35.5. The Bertz CT molecular complexity index is 508. The lowest BCUT2D eigenvalue weighted by atomic mass is 10.2. The van der Waals surface area contributed by atoms with E-state index < -0.39 is 0 Å². The van der Waals surface area contributed by atoms with E-state index in [1.165, 1.54) is 31.2 Å². The molecule has 1 aromatic carbocycles. The molecule has 5 heteroatoms. The number of nitrogens with zero attached hydrogens (tertiary/aromatic N) is 2. The summed E-state index contributed by atoms with van der Waals surface area (Å²) in [7, 11) is 0. The molecule has 1 aromatic rings. The lowest BCUT2D eigenvalue weighted by molar-refractivity contribution is 0.174. The van der Waals surface area contributed by atoms with E-state index >= 15 is 0 Å². The van der Waals surface area contributed by atoms with Crippen LogP contribution in [0.15, 0.2) is 24.3 Å². The summed E-state index contributed by atoms with van der Waals surface area (Å²) >= 11 is 11.6. The van der Waals surface area contributed by atoms with Gasteiger partial charge in [0.1, 0.15) is 0 Å². The van der Waals surface area contributed by atoms with Crippen LogP contribution in [0.1, 0.15) is 31.2 Å². The Hall–Kier alpha value is -0.840. The second kappa shape index (κ2) is 7.62. The molecule has 1 saturated heterocycles. The maximum Gasteiger partial charge on any atom is 0.169 e. The minimum Gasteiger partial charge on any atom is -0.360 e. The van der Waals surface area contributed by atoms with Gasteiger partial charge in [-0.2, -0.15) is 0 Å². The summed E-state index contributed by atoms with van der Waals surface area (Å²) in [6.07, 6.45) is 5.23. The van der Waals surface area contributed by atoms with Gasteiger partial charge >= 0.3 is 0 Å². The summed E-state index contributed by atoms with van der Waals surface area (Å²) in [5.74, 6) is 0. The largest absolute Gasteiger partial charge is 0.360 e. The molecule has 1 aliphatic heterocycles. The number of hydrogen-bond donors (Lipinski definition) is 1. The highest BCUT2D eigenvalue weighted by Crippen LogP contribution is 2.18. The molecular formula is C17H24ClN3S. The first-order chi connectivity index (χ1) is 10.7. The molecular weight excluding hydrogens is 314 g/mol. The molecule has 2 fully saturated rings. The number of nitrogens with one attached hydrogen (secondary N) is 1. The van der Waals surface area contributed by atoms with E-state index in [1.54, 1.807) is 0 Å². The Morgan fingerprint density at radius 2 is 1.91 bits per heavy atom. The van der Waals surface area contributed by atoms with Gasteiger partial charge in [-0.15, -0.1) is 0 Å². The smallest absolute Gasteiger partial charge is 0.169 e. The van der Waals surface area contributed by atoms with E-state index in [1.807, 2.05) is 12.1 Å². The van der Waals surface area contributed by atoms with Gasteiger partial charge in [0.25, 0.3) is 0 Å². The zero-order valence-corrected chi connectivity index (χ0v) is 14.5. The van der Waals surface area contributed by atoms with Crippen molar-refractivity contribution >= 4 is 28.9 Å². The zero-order chi connectivity index (χ0) is 15.4. The van der Waals surface area contributed by atoms with Gasteiger partial charge in [0.15, 0.2) is 5.11 Å². The van der Waals surface area contributed by atoms with Crippen LogP contribution in [-0.2, 0) is 6.54 Å². The first-order valence-corrected chi connectivity index (χ1v) is 9.01. The summed E-state index contributed by atoms with van der Waals surface area (Å²) in [5.41, 5.74) is 1.28. The standard InChI is InChI=1S/C17H24ClN3S/c18-15-5-3-4-14(12-15)13-20-8-10-21(11-9-20)17(22)19-16-6-1-2-7-16/h3-5,12,16H,1-2,6-11,13H2,(H,19,22). The molecule has 0 bridgehead atoms. The van der Waals surface area contributed by atoms with Crippen molar-refractivity contribution in [2.75, 3.05) is 26.2 Å². The monoisotopic (exact) mass is 337 g/mol. The van der Waals surface area contributed by atoms with Crippen LogP contribution in [0.5, 0.6) is 0 Å². The van der Waals surface area contributed by atoms with Gasteiger partial charge < -0.3 is 10.2 Å². The average molecular weight is 338 g/mol. The van der Waals surface area contributed by atoms with Gasteiger partial charge in [-0.25, -0.2) is 0 Å². The SMILES string of the molecule is S=C(NC1CCCC1)N1CCN(Cc2cccc(Cl)c2)CC1. The second-order valence-electron chi connectivity index (χ2n) is 6.32. The van der Waals surface area contributed by atoms with E-state index in [0.29, 0.717) is 6.04 Å². The highest BCUT2D eigenvalue weighted by Gasteiger charge is 2.22. The Morgan fingerprint density at radius 1 is 1.18 bits per heavy atom. The van der Waals surface area contributed by atoms with Crippen LogP contribution in [0.25, 0.3) is 0 Å². The van der Waals surface area contributed by atoms with Gasteiger partial charge in [-0.3, -0.25) is 4.90 Å². The maximum absolute atomic E-state index is 6.06. The van der Waals surface area contributed by atoms with E-state index in [0.717, 1.165) is 42.9 Å². The third kappa shape index (κ3) is 4.34. The van der Waals surface area contributed by atoms with E-state index in [9.17, 15) is 0 Å². The van der Waals surface area contributed by atoms with Crippen molar-refractivity contribution < 1.29 is 0 Å². The highest BCUT2D eigenvalue weighted by molar-refractivity contribution is 7.80. The maximum atomic E-state index is 6.06. The predicted molar refractivity (Wildman–Crippen MR) is 96.3 cm³/mol. The number of hydrogen-bond acceptors (Lipinski definition) is 2. The Balaban J connectivity index is 1.44. The third-order valence-corrected chi connectivity index (χ3v) is 5.25. The minimum absolute atomic E-state index is 0.608. The fraction of sp³-hybridized carbons (Fsp3) is 0.588. The zero-order valence-electron chi connectivity index (χ0n) is 12.9. The molecule has 120 valence electrons. The number of piperazine rings is 1. The molecule has 3 nitrogen and oxygen atoms in total.